The molecule has 0 bridgehead atoms. The van der Waals surface area contributed by atoms with E-state index in [1.54, 1.807) is 6.07 Å². The first kappa shape index (κ1) is 12.2. The van der Waals surface area contributed by atoms with Gasteiger partial charge in [0.05, 0.1) is 11.2 Å². The monoisotopic (exact) mass is 287 g/mol. The number of hydrogen-bond acceptors (Lipinski definition) is 6. The Bertz CT molecular complexity index is 563. The molecule has 5 nitrogen and oxygen atoms in total. The average Bonchev–Trinajstić information content (AvgIpc) is 2.27. The number of aromatic nitrogens is 3. The van der Waals surface area contributed by atoms with Gasteiger partial charge in [0.2, 0.25) is 0 Å². The second kappa shape index (κ2) is 4.95. The molecule has 0 amide bonds. The fourth-order valence-corrected chi connectivity index (χ4v) is 2.22. The van der Waals surface area contributed by atoms with Crippen molar-refractivity contribution in [2.45, 2.75) is 9.92 Å². The van der Waals surface area contributed by atoms with E-state index in [4.69, 9.17) is 34.7 Å². The lowest BCUT2D eigenvalue weighted by Crippen LogP contribution is -1.96. The highest BCUT2D eigenvalue weighted by atomic mass is 35.5. The largest absolute Gasteiger partial charge is 0.384 e. The second-order valence-corrected chi connectivity index (χ2v) is 4.85. The molecule has 0 saturated carbocycles. The Morgan fingerprint density at radius 2 is 1.88 bits per heavy atom. The van der Waals surface area contributed by atoms with Crippen molar-refractivity contribution in [3.05, 3.63) is 28.6 Å². The summed E-state index contributed by atoms with van der Waals surface area (Å²) in [6, 6.07) is 1.64. The number of nitrogen functional groups attached to an aromatic ring is 2. The molecular formula is C9H7Cl2N5S. The van der Waals surface area contributed by atoms with Gasteiger partial charge >= 0.3 is 0 Å². The predicted octanol–water partition coefficient (Wildman–Crippen LogP) is 2.49. The van der Waals surface area contributed by atoms with Crippen molar-refractivity contribution in [2.24, 2.45) is 0 Å². The second-order valence-electron chi connectivity index (χ2n) is 3.02. The molecule has 0 aliphatic rings. The molecule has 0 unspecified atom stereocenters. The van der Waals surface area contributed by atoms with Crippen LogP contribution < -0.4 is 11.5 Å². The van der Waals surface area contributed by atoms with Crippen LogP contribution in [-0.2, 0) is 0 Å². The minimum atomic E-state index is 0.243. The molecule has 2 heterocycles. The zero-order chi connectivity index (χ0) is 12.4. The highest BCUT2D eigenvalue weighted by molar-refractivity contribution is 7.99. The van der Waals surface area contributed by atoms with Crippen LogP contribution in [0.25, 0.3) is 0 Å². The quantitative estimate of drug-likeness (QED) is 0.882. The fraction of sp³-hybridized carbons (Fsp3) is 0. The number of halogens is 2. The number of nitrogens with zero attached hydrogens (tertiary/aromatic N) is 3. The van der Waals surface area contributed by atoms with E-state index in [1.807, 2.05) is 0 Å². The van der Waals surface area contributed by atoms with Crippen molar-refractivity contribution < 1.29 is 0 Å². The van der Waals surface area contributed by atoms with E-state index < -0.39 is 0 Å². The number of pyridine rings is 1. The van der Waals surface area contributed by atoms with Gasteiger partial charge in [-0.2, -0.15) is 0 Å². The van der Waals surface area contributed by atoms with Gasteiger partial charge in [0, 0.05) is 11.1 Å². The van der Waals surface area contributed by atoms with Crippen LogP contribution in [-0.4, -0.2) is 15.0 Å². The van der Waals surface area contributed by atoms with Crippen LogP contribution in [0.1, 0.15) is 0 Å². The third-order valence-corrected chi connectivity index (χ3v) is 3.44. The van der Waals surface area contributed by atoms with Crippen LogP contribution in [0.2, 0.25) is 10.2 Å². The Labute approximate surface area is 112 Å². The third kappa shape index (κ3) is 2.91. The summed E-state index contributed by atoms with van der Waals surface area (Å²) < 4.78 is 0. The zero-order valence-electron chi connectivity index (χ0n) is 8.39. The van der Waals surface area contributed by atoms with Gasteiger partial charge < -0.3 is 11.5 Å². The number of nitrogens with two attached hydrogens (primary N) is 2. The van der Waals surface area contributed by atoms with Gasteiger partial charge in [-0.05, 0) is 6.07 Å². The molecule has 0 atom stereocenters. The molecule has 0 fully saturated rings. The number of anilines is 2. The molecule has 4 N–H and O–H groups in total. The van der Waals surface area contributed by atoms with Crippen molar-refractivity contribution in [2.75, 3.05) is 11.5 Å². The van der Waals surface area contributed by atoms with E-state index in [9.17, 15) is 0 Å². The first-order valence-electron chi connectivity index (χ1n) is 4.43. The van der Waals surface area contributed by atoms with Gasteiger partial charge in [0.1, 0.15) is 16.0 Å². The molecule has 0 spiro atoms. The molecule has 0 saturated heterocycles. The molecule has 8 heteroatoms. The Balaban J connectivity index is 2.34. The smallest absolute Gasteiger partial charge is 0.158 e. The topological polar surface area (TPSA) is 90.7 Å². The van der Waals surface area contributed by atoms with E-state index in [0.717, 1.165) is 0 Å². The average molecular weight is 288 g/mol. The number of rotatable bonds is 2. The zero-order valence-corrected chi connectivity index (χ0v) is 10.7. The van der Waals surface area contributed by atoms with Gasteiger partial charge in [0.15, 0.2) is 5.82 Å². The summed E-state index contributed by atoms with van der Waals surface area (Å²) in [6.45, 7) is 0. The summed E-state index contributed by atoms with van der Waals surface area (Å²) >= 11 is 12.9. The first-order chi connectivity index (χ1) is 8.06. The highest BCUT2D eigenvalue weighted by Gasteiger charge is 2.09. The lowest BCUT2D eigenvalue weighted by molar-refractivity contribution is 1.07. The normalized spacial score (nSPS) is 10.5. The molecule has 17 heavy (non-hydrogen) atoms. The Morgan fingerprint density at radius 3 is 2.59 bits per heavy atom. The molecule has 0 aliphatic heterocycles. The SMILES string of the molecule is Nc1cc(Sc2ncc(Cl)nc2N)c(Cl)cn1. The van der Waals surface area contributed by atoms with Crippen LogP contribution in [0.15, 0.2) is 28.4 Å². The standard InChI is InChI=1S/C9H7Cl2N5S/c10-4-2-14-7(12)1-5(4)17-9-8(13)16-6(11)3-15-9/h1-3H,(H2,12,14)(H2,13,16). The Morgan fingerprint density at radius 1 is 1.12 bits per heavy atom. The number of hydrogen-bond donors (Lipinski definition) is 2. The van der Waals surface area contributed by atoms with Gasteiger partial charge in [0.25, 0.3) is 0 Å². The van der Waals surface area contributed by atoms with Gasteiger partial charge in [-0.25, -0.2) is 15.0 Å². The lowest BCUT2D eigenvalue weighted by Gasteiger charge is -2.05. The summed E-state index contributed by atoms with van der Waals surface area (Å²) in [5.41, 5.74) is 11.3. The summed E-state index contributed by atoms with van der Waals surface area (Å²) in [4.78, 5) is 12.5. The maximum atomic E-state index is 5.98. The van der Waals surface area contributed by atoms with Crippen LogP contribution in [0.4, 0.5) is 11.6 Å². The molecule has 2 aromatic rings. The lowest BCUT2D eigenvalue weighted by atomic mass is 10.5. The minimum Gasteiger partial charge on any atom is -0.384 e. The van der Waals surface area contributed by atoms with E-state index in [1.165, 1.54) is 24.2 Å². The van der Waals surface area contributed by atoms with E-state index in [0.29, 0.717) is 20.8 Å². The molecule has 2 aromatic heterocycles. The van der Waals surface area contributed by atoms with Gasteiger partial charge in [-0.1, -0.05) is 35.0 Å². The van der Waals surface area contributed by atoms with Gasteiger partial charge in [-0.3, -0.25) is 0 Å². The Hall–Kier alpha value is -1.24. The summed E-state index contributed by atoms with van der Waals surface area (Å²) in [6.07, 6.45) is 2.89. The summed E-state index contributed by atoms with van der Waals surface area (Å²) in [5.74, 6) is 0.617. The Kier molecular flexibility index (Phi) is 3.56. The first-order valence-corrected chi connectivity index (χ1v) is 6.00. The summed E-state index contributed by atoms with van der Waals surface area (Å²) in [5, 5.41) is 1.23. The van der Waals surface area contributed by atoms with Crippen molar-refractivity contribution in [1.29, 1.82) is 0 Å². The van der Waals surface area contributed by atoms with Crippen molar-refractivity contribution in [1.82, 2.24) is 15.0 Å². The van der Waals surface area contributed by atoms with Crippen molar-refractivity contribution in [3.63, 3.8) is 0 Å². The molecule has 0 aliphatic carbocycles. The third-order valence-electron chi connectivity index (χ3n) is 1.78. The van der Waals surface area contributed by atoms with Crippen LogP contribution in [0, 0.1) is 0 Å². The molecule has 0 aromatic carbocycles. The molecule has 0 radical (unpaired) electrons. The summed E-state index contributed by atoms with van der Waals surface area (Å²) in [7, 11) is 0. The van der Waals surface area contributed by atoms with E-state index in [2.05, 4.69) is 15.0 Å². The molecular weight excluding hydrogens is 281 g/mol. The van der Waals surface area contributed by atoms with E-state index >= 15 is 0 Å². The minimum absolute atomic E-state index is 0.243. The maximum absolute atomic E-state index is 5.98. The van der Waals surface area contributed by atoms with Crippen molar-refractivity contribution in [3.8, 4) is 0 Å². The van der Waals surface area contributed by atoms with Crippen molar-refractivity contribution >= 4 is 46.6 Å². The predicted molar refractivity (Wildman–Crippen MR) is 69.2 cm³/mol. The molecule has 2 rings (SSSR count). The fourth-order valence-electron chi connectivity index (χ4n) is 1.07. The maximum Gasteiger partial charge on any atom is 0.158 e. The highest BCUT2D eigenvalue weighted by Crippen LogP contribution is 2.34. The molecule has 88 valence electrons. The van der Waals surface area contributed by atoms with Gasteiger partial charge in [-0.15, -0.1) is 0 Å². The van der Waals surface area contributed by atoms with E-state index in [-0.39, 0.29) is 11.0 Å². The van der Waals surface area contributed by atoms with Crippen LogP contribution in [0.3, 0.4) is 0 Å². The van der Waals surface area contributed by atoms with Crippen LogP contribution >= 0.6 is 35.0 Å². The van der Waals surface area contributed by atoms with Crippen LogP contribution in [0.5, 0.6) is 0 Å².